The van der Waals surface area contributed by atoms with Gasteiger partial charge in [-0.3, -0.25) is 4.99 Å². The second kappa shape index (κ2) is 11.2. The third kappa shape index (κ3) is 6.09. The van der Waals surface area contributed by atoms with Crippen LogP contribution in [-0.4, -0.2) is 65.4 Å². The lowest BCUT2D eigenvalue weighted by Crippen LogP contribution is -2.55. The smallest absolute Gasteiger partial charge is 0.410 e. The molecule has 1 aliphatic carbocycles. The molecule has 3 heterocycles. The van der Waals surface area contributed by atoms with Crippen molar-refractivity contribution < 1.29 is 14.6 Å². The Morgan fingerprint density at radius 1 is 1.20 bits per heavy atom. The zero-order chi connectivity index (χ0) is 28.8. The molecule has 1 aromatic carbocycles. The van der Waals surface area contributed by atoms with E-state index in [4.69, 9.17) is 9.73 Å². The van der Waals surface area contributed by atoms with Crippen molar-refractivity contribution in [1.29, 1.82) is 0 Å². The van der Waals surface area contributed by atoms with Crippen molar-refractivity contribution in [3.8, 4) is 0 Å². The molecule has 4 aliphatic rings. The van der Waals surface area contributed by atoms with Crippen LogP contribution in [0.15, 0.2) is 47.1 Å². The maximum absolute atomic E-state index is 12.8. The first-order valence-corrected chi connectivity index (χ1v) is 15.2. The number of aliphatic hydroxyl groups excluding tert-OH is 1. The lowest BCUT2D eigenvalue weighted by molar-refractivity contribution is 0.0159. The van der Waals surface area contributed by atoms with E-state index in [1.807, 2.05) is 32.6 Å². The van der Waals surface area contributed by atoms with Crippen LogP contribution in [0.25, 0.3) is 0 Å². The molecule has 3 aliphatic heterocycles. The number of hydrogen-bond donors (Lipinski definition) is 1. The number of allylic oxidation sites excluding steroid dienone is 4. The Balaban J connectivity index is 1.45. The average Bonchev–Trinajstić information content (AvgIpc) is 3.71. The zero-order valence-corrected chi connectivity index (χ0v) is 25.4. The van der Waals surface area contributed by atoms with Gasteiger partial charge in [-0.1, -0.05) is 19.1 Å². The van der Waals surface area contributed by atoms with Crippen molar-refractivity contribution in [2.75, 3.05) is 29.4 Å². The fourth-order valence-corrected chi connectivity index (χ4v) is 6.85. The molecule has 0 aromatic heterocycles. The van der Waals surface area contributed by atoms with Crippen molar-refractivity contribution in [2.24, 2.45) is 16.8 Å². The maximum Gasteiger partial charge on any atom is 0.410 e. The molecule has 0 radical (unpaired) electrons. The molecule has 218 valence electrons. The van der Waals surface area contributed by atoms with E-state index in [9.17, 15) is 9.90 Å². The number of anilines is 2. The largest absolute Gasteiger partial charge is 0.444 e. The van der Waals surface area contributed by atoms with E-state index < -0.39 is 11.8 Å². The average molecular weight is 549 g/mol. The SMILES string of the molecule is CC1=CCCC(/C=C\C2c3cc(N4CCN(C(=O)OC(C)(C)C)C(C)C4)ccc3N(C(C)O)[C@@H](C3CC3)[C@@H]2C)=N1. The summed E-state index contributed by atoms with van der Waals surface area (Å²) in [7, 11) is 0. The molecule has 7 nitrogen and oxygen atoms in total. The van der Waals surface area contributed by atoms with Gasteiger partial charge in [0.1, 0.15) is 11.8 Å². The standard InChI is InChI=1S/C33H48N4O3/c1-21-9-8-10-26(34-21)13-15-28-23(3)31(25-11-12-25)37(24(4)38)30-16-14-27(19-29(28)30)35-17-18-36(22(2)20-35)32(39)40-33(5,6)7/h9,13-16,19,22-25,28,31,38H,8,10-12,17-18,20H2,1-7H3/b15-13-/t22?,23-,24?,28?,31-/m1/s1. The summed E-state index contributed by atoms with van der Waals surface area (Å²) < 4.78 is 5.66. The monoisotopic (exact) mass is 548 g/mol. The number of nitrogens with zero attached hydrogens (tertiary/aromatic N) is 4. The van der Waals surface area contributed by atoms with Gasteiger partial charge in [-0.15, -0.1) is 0 Å². The minimum Gasteiger partial charge on any atom is -0.444 e. The number of piperazine rings is 1. The molecule has 1 aromatic rings. The predicted octanol–water partition coefficient (Wildman–Crippen LogP) is 6.48. The minimum atomic E-state index is -0.546. The highest BCUT2D eigenvalue weighted by Gasteiger charge is 2.46. The van der Waals surface area contributed by atoms with Crippen LogP contribution >= 0.6 is 0 Å². The molecule has 1 amide bonds. The number of fused-ring (bicyclic) bond motifs is 1. The number of carbonyl (C=O) groups is 1. The normalized spacial score (nSPS) is 28.2. The summed E-state index contributed by atoms with van der Waals surface area (Å²) in [6.45, 7) is 16.3. The first-order chi connectivity index (χ1) is 18.9. The van der Waals surface area contributed by atoms with Crippen molar-refractivity contribution in [1.82, 2.24) is 4.90 Å². The summed E-state index contributed by atoms with van der Waals surface area (Å²) in [4.78, 5) is 24.1. The van der Waals surface area contributed by atoms with Gasteiger partial charge in [-0.2, -0.15) is 0 Å². The molecule has 5 rings (SSSR count). The highest BCUT2D eigenvalue weighted by atomic mass is 16.6. The Morgan fingerprint density at radius 3 is 2.58 bits per heavy atom. The quantitative estimate of drug-likeness (QED) is 0.456. The van der Waals surface area contributed by atoms with Gasteiger partial charge in [0.15, 0.2) is 0 Å². The summed E-state index contributed by atoms with van der Waals surface area (Å²) in [5, 5.41) is 11.0. The summed E-state index contributed by atoms with van der Waals surface area (Å²) in [6, 6.07) is 7.12. The second-order valence-electron chi connectivity index (χ2n) is 13.3. The van der Waals surface area contributed by atoms with E-state index in [-0.39, 0.29) is 18.1 Å². The van der Waals surface area contributed by atoms with Crippen LogP contribution < -0.4 is 9.80 Å². The fourth-order valence-electron chi connectivity index (χ4n) is 6.85. The van der Waals surface area contributed by atoms with E-state index in [1.54, 1.807) is 0 Å². The molecular formula is C33H48N4O3. The fraction of sp³-hybridized carbons (Fsp3) is 0.636. The van der Waals surface area contributed by atoms with Crippen LogP contribution in [0.2, 0.25) is 0 Å². The van der Waals surface area contributed by atoms with Crippen LogP contribution in [0, 0.1) is 11.8 Å². The highest BCUT2D eigenvalue weighted by Crippen LogP contribution is 2.51. The molecule has 3 unspecified atom stereocenters. The molecule has 5 atom stereocenters. The lowest BCUT2D eigenvalue weighted by Gasteiger charge is -2.48. The van der Waals surface area contributed by atoms with Gasteiger partial charge in [0.2, 0.25) is 0 Å². The first kappa shape index (κ1) is 28.7. The lowest BCUT2D eigenvalue weighted by atomic mass is 9.75. The van der Waals surface area contributed by atoms with Crippen molar-refractivity contribution in [3.05, 3.63) is 47.7 Å². The number of rotatable bonds is 5. The Hall–Kier alpha value is -2.80. The van der Waals surface area contributed by atoms with Crippen LogP contribution in [0.3, 0.4) is 0 Å². The number of aliphatic hydroxyl groups is 1. The Labute approximate surface area is 240 Å². The Morgan fingerprint density at radius 2 is 1.95 bits per heavy atom. The van der Waals surface area contributed by atoms with Crippen LogP contribution in [-0.2, 0) is 4.74 Å². The van der Waals surface area contributed by atoms with Crippen LogP contribution in [0.5, 0.6) is 0 Å². The second-order valence-corrected chi connectivity index (χ2v) is 13.3. The van der Waals surface area contributed by atoms with Crippen LogP contribution in [0.1, 0.15) is 85.6 Å². The first-order valence-electron chi connectivity index (χ1n) is 15.2. The van der Waals surface area contributed by atoms with Gasteiger partial charge >= 0.3 is 6.09 Å². The van der Waals surface area contributed by atoms with Gasteiger partial charge in [-0.05, 0) is 109 Å². The Bertz CT molecular complexity index is 1190. The van der Waals surface area contributed by atoms with E-state index >= 15 is 0 Å². The molecule has 0 spiro atoms. The number of hydrogen-bond acceptors (Lipinski definition) is 6. The third-order valence-electron chi connectivity index (χ3n) is 8.86. The van der Waals surface area contributed by atoms with E-state index in [1.165, 1.54) is 24.1 Å². The molecule has 1 N–H and O–H groups in total. The molecular weight excluding hydrogens is 500 g/mol. The van der Waals surface area contributed by atoms with E-state index in [2.05, 4.69) is 67.0 Å². The number of amides is 1. The summed E-state index contributed by atoms with van der Waals surface area (Å²) >= 11 is 0. The summed E-state index contributed by atoms with van der Waals surface area (Å²) in [5.74, 6) is 1.24. The Kier molecular flexibility index (Phi) is 8.06. The minimum absolute atomic E-state index is 0.0445. The summed E-state index contributed by atoms with van der Waals surface area (Å²) in [5.41, 5.74) is 5.33. The molecule has 1 saturated heterocycles. The molecule has 1 saturated carbocycles. The van der Waals surface area contributed by atoms with Gasteiger partial charge in [0.25, 0.3) is 0 Å². The van der Waals surface area contributed by atoms with Crippen molar-refractivity contribution in [3.63, 3.8) is 0 Å². The zero-order valence-electron chi connectivity index (χ0n) is 25.4. The van der Waals surface area contributed by atoms with Crippen molar-refractivity contribution >= 4 is 23.2 Å². The van der Waals surface area contributed by atoms with Crippen LogP contribution in [0.4, 0.5) is 16.2 Å². The molecule has 40 heavy (non-hydrogen) atoms. The molecule has 0 bridgehead atoms. The van der Waals surface area contributed by atoms with Gasteiger partial charge in [0, 0.05) is 60.4 Å². The molecule has 2 fully saturated rings. The van der Waals surface area contributed by atoms with E-state index in [0.717, 1.165) is 43.0 Å². The van der Waals surface area contributed by atoms with Gasteiger partial charge < -0.3 is 24.5 Å². The topological polar surface area (TPSA) is 68.6 Å². The van der Waals surface area contributed by atoms with Gasteiger partial charge in [0.05, 0.1) is 0 Å². The predicted molar refractivity (Wildman–Crippen MR) is 163 cm³/mol. The van der Waals surface area contributed by atoms with Gasteiger partial charge in [-0.25, -0.2) is 4.79 Å². The summed E-state index contributed by atoms with van der Waals surface area (Å²) in [6.07, 6.45) is 10.5. The number of aliphatic imine (C=N–C) groups is 1. The van der Waals surface area contributed by atoms with Crippen molar-refractivity contribution in [2.45, 2.75) is 104 Å². The number of ether oxygens (including phenoxy) is 1. The van der Waals surface area contributed by atoms with E-state index in [0.29, 0.717) is 24.4 Å². The third-order valence-corrected chi connectivity index (χ3v) is 8.86. The number of carbonyl (C=O) groups excluding carboxylic acids is 1. The number of benzene rings is 1. The highest BCUT2D eigenvalue weighted by molar-refractivity contribution is 5.96. The molecule has 7 heteroatoms. The maximum atomic E-state index is 12.8.